The lowest BCUT2D eigenvalue weighted by atomic mass is 9.98. The Labute approximate surface area is 261 Å². The molecular weight excluding hydrogens is 572 g/mol. The van der Waals surface area contributed by atoms with E-state index in [9.17, 15) is 24.3 Å². The number of hydrogen-bond acceptors (Lipinski definition) is 6. The van der Waals surface area contributed by atoms with Crippen molar-refractivity contribution in [2.45, 2.75) is 38.0 Å². The fourth-order valence-electron chi connectivity index (χ4n) is 5.47. The predicted octanol–water partition coefficient (Wildman–Crippen LogP) is 5.53. The molecule has 0 aromatic heterocycles. The zero-order valence-corrected chi connectivity index (χ0v) is 24.6. The highest BCUT2D eigenvalue weighted by Crippen LogP contribution is 2.44. The third-order valence-electron chi connectivity index (χ3n) is 7.67. The molecule has 0 bridgehead atoms. The van der Waals surface area contributed by atoms with Gasteiger partial charge in [-0.3, -0.25) is 14.4 Å². The summed E-state index contributed by atoms with van der Waals surface area (Å²) in [7, 11) is 0. The topological polar surface area (TPSA) is 122 Å². The zero-order valence-electron chi connectivity index (χ0n) is 24.6. The molecule has 0 aliphatic heterocycles. The summed E-state index contributed by atoms with van der Waals surface area (Å²) in [4.78, 5) is 52.7. The van der Waals surface area contributed by atoms with Crippen LogP contribution < -0.4 is 5.32 Å². The predicted molar refractivity (Wildman–Crippen MR) is 167 cm³/mol. The van der Waals surface area contributed by atoms with Crippen LogP contribution in [0.1, 0.15) is 41.0 Å². The van der Waals surface area contributed by atoms with E-state index in [2.05, 4.69) is 5.32 Å². The number of nitrogens with one attached hydrogen (secondary N) is 1. The van der Waals surface area contributed by atoms with Crippen LogP contribution in [-0.2, 0) is 37.0 Å². The van der Waals surface area contributed by atoms with Crippen molar-refractivity contribution >= 4 is 23.9 Å². The Bertz CT molecular complexity index is 1600. The van der Waals surface area contributed by atoms with Crippen molar-refractivity contribution in [2.24, 2.45) is 0 Å². The van der Waals surface area contributed by atoms with E-state index >= 15 is 0 Å². The molecule has 2 amide bonds. The maximum absolute atomic E-state index is 13.8. The molecule has 0 fully saturated rings. The van der Waals surface area contributed by atoms with E-state index in [1.54, 1.807) is 12.1 Å². The molecule has 2 N–H and O–H groups in total. The van der Waals surface area contributed by atoms with Crippen LogP contribution in [0.15, 0.2) is 109 Å². The second-order valence-corrected chi connectivity index (χ2v) is 10.8. The minimum atomic E-state index is -1.35. The molecule has 9 heteroatoms. The molecule has 9 nitrogen and oxygen atoms in total. The maximum Gasteiger partial charge on any atom is 0.407 e. The van der Waals surface area contributed by atoms with Crippen molar-refractivity contribution in [3.05, 3.63) is 131 Å². The fraction of sp³-hybridized carbons (Fsp3) is 0.222. The average Bonchev–Trinajstić information content (AvgIpc) is 3.38. The first-order chi connectivity index (χ1) is 21.9. The Hall–Kier alpha value is -5.44. The molecule has 4 aromatic carbocycles. The van der Waals surface area contributed by atoms with Gasteiger partial charge in [-0.05, 0) is 33.4 Å². The summed E-state index contributed by atoms with van der Waals surface area (Å²) in [5.74, 6) is -2.60. The minimum absolute atomic E-state index is 0.00171. The van der Waals surface area contributed by atoms with Gasteiger partial charge in [0.2, 0.25) is 5.91 Å². The molecular formula is C36H34N2O7. The van der Waals surface area contributed by atoms with Crippen LogP contribution >= 0.6 is 0 Å². The summed E-state index contributed by atoms with van der Waals surface area (Å²) in [6.45, 7) is -0.00980. The van der Waals surface area contributed by atoms with Gasteiger partial charge in [0, 0.05) is 19.0 Å². The summed E-state index contributed by atoms with van der Waals surface area (Å²) in [5.41, 5.74) is 5.75. The number of carbonyl (C=O) groups excluding carboxylic acids is 3. The molecule has 5 rings (SSSR count). The normalized spacial score (nSPS) is 12.4. The molecule has 1 aliphatic carbocycles. The number of carbonyl (C=O) groups is 4. The van der Waals surface area contributed by atoms with Crippen LogP contribution in [0.4, 0.5) is 4.79 Å². The number of benzene rings is 4. The number of carboxylic acids is 1. The van der Waals surface area contributed by atoms with Gasteiger partial charge in [-0.2, -0.15) is 0 Å². The van der Waals surface area contributed by atoms with Crippen LogP contribution in [0, 0.1) is 0 Å². The van der Waals surface area contributed by atoms with Crippen molar-refractivity contribution in [3.63, 3.8) is 0 Å². The van der Waals surface area contributed by atoms with Gasteiger partial charge >= 0.3 is 18.0 Å². The van der Waals surface area contributed by atoms with Gasteiger partial charge in [0.25, 0.3) is 0 Å². The molecule has 0 saturated carbocycles. The molecule has 4 aromatic rings. The van der Waals surface area contributed by atoms with Crippen molar-refractivity contribution in [1.29, 1.82) is 0 Å². The van der Waals surface area contributed by atoms with Crippen LogP contribution in [0.25, 0.3) is 11.1 Å². The first-order valence-electron chi connectivity index (χ1n) is 14.7. The Morgan fingerprint density at radius 2 is 1.29 bits per heavy atom. The Kier molecular flexibility index (Phi) is 10.2. The van der Waals surface area contributed by atoms with Gasteiger partial charge in [-0.15, -0.1) is 0 Å². The van der Waals surface area contributed by atoms with Crippen molar-refractivity contribution < 1.29 is 33.8 Å². The molecule has 0 unspecified atom stereocenters. The average molecular weight is 607 g/mol. The highest BCUT2D eigenvalue weighted by atomic mass is 16.5. The standard InChI is InChI=1S/C36H34N2O7/c39-33(40)19-20-38(22-25-11-3-1-4-12-25)35(42)32(21-34(41)44-23-26-13-5-2-6-14-26)37-36(43)45-24-31-29-17-9-7-15-27(29)28-16-8-10-18-30(28)31/h1-18,31-32H,19-24H2,(H,37,43)(H,39,40)/t32-/m0/s1. The van der Waals surface area contributed by atoms with E-state index in [4.69, 9.17) is 9.47 Å². The second-order valence-electron chi connectivity index (χ2n) is 10.8. The van der Waals surface area contributed by atoms with Crippen LogP contribution in [0.3, 0.4) is 0 Å². The lowest BCUT2D eigenvalue weighted by Crippen LogP contribution is -2.50. The van der Waals surface area contributed by atoms with Crippen LogP contribution in [0.2, 0.25) is 0 Å². The third-order valence-corrected chi connectivity index (χ3v) is 7.67. The van der Waals surface area contributed by atoms with Crippen molar-refractivity contribution in [3.8, 4) is 11.1 Å². The van der Waals surface area contributed by atoms with E-state index in [1.807, 2.05) is 97.1 Å². The largest absolute Gasteiger partial charge is 0.481 e. The molecule has 0 saturated heterocycles. The van der Waals surface area contributed by atoms with Crippen molar-refractivity contribution in [2.75, 3.05) is 13.2 Å². The number of hydrogen-bond donors (Lipinski definition) is 2. The molecule has 1 atom stereocenters. The van der Waals surface area contributed by atoms with Gasteiger partial charge in [0.15, 0.2) is 0 Å². The summed E-state index contributed by atoms with van der Waals surface area (Å²) in [6.07, 6.45) is -1.65. The Morgan fingerprint density at radius 3 is 1.89 bits per heavy atom. The number of alkyl carbamates (subject to hydrolysis) is 1. The van der Waals surface area contributed by atoms with E-state index in [-0.39, 0.29) is 38.6 Å². The zero-order chi connectivity index (χ0) is 31.6. The Morgan fingerprint density at radius 1 is 0.733 bits per heavy atom. The maximum atomic E-state index is 13.8. The highest BCUT2D eigenvalue weighted by molar-refractivity contribution is 5.90. The van der Waals surface area contributed by atoms with E-state index in [1.165, 1.54) is 4.90 Å². The third kappa shape index (κ3) is 8.14. The molecule has 230 valence electrons. The smallest absolute Gasteiger partial charge is 0.407 e. The van der Waals surface area contributed by atoms with Crippen LogP contribution in [0.5, 0.6) is 0 Å². The number of rotatable bonds is 13. The monoisotopic (exact) mass is 606 g/mol. The number of carboxylic acid groups (broad SMARTS) is 1. The van der Waals surface area contributed by atoms with Crippen molar-refractivity contribution in [1.82, 2.24) is 10.2 Å². The highest BCUT2D eigenvalue weighted by Gasteiger charge is 2.32. The SMILES string of the molecule is O=C(O)CCN(Cc1ccccc1)C(=O)[C@H](CC(=O)OCc1ccccc1)NC(=O)OCC1c2ccccc2-c2ccccc21. The summed E-state index contributed by atoms with van der Waals surface area (Å²) < 4.78 is 11.1. The van der Waals surface area contributed by atoms with Gasteiger partial charge < -0.3 is 24.8 Å². The van der Waals surface area contributed by atoms with Crippen LogP contribution in [-0.4, -0.2) is 53.1 Å². The second kappa shape index (κ2) is 14.8. The minimum Gasteiger partial charge on any atom is -0.481 e. The van der Waals surface area contributed by atoms with Gasteiger partial charge in [0.05, 0.1) is 12.8 Å². The number of amides is 2. The van der Waals surface area contributed by atoms with E-state index in [0.29, 0.717) is 0 Å². The fourth-order valence-corrected chi connectivity index (χ4v) is 5.47. The quantitative estimate of drug-likeness (QED) is 0.192. The molecule has 0 heterocycles. The number of esters is 1. The first-order valence-corrected chi connectivity index (χ1v) is 14.7. The first kappa shape index (κ1) is 31.0. The molecule has 1 aliphatic rings. The number of aliphatic carboxylic acids is 1. The number of nitrogens with zero attached hydrogens (tertiary/aromatic N) is 1. The molecule has 0 radical (unpaired) electrons. The number of ether oxygens (including phenoxy) is 2. The summed E-state index contributed by atoms with van der Waals surface area (Å²) in [6, 6.07) is 32.7. The summed E-state index contributed by atoms with van der Waals surface area (Å²) >= 11 is 0. The molecule has 0 spiro atoms. The lowest BCUT2D eigenvalue weighted by Gasteiger charge is -2.27. The van der Waals surface area contributed by atoms with Gasteiger partial charge in [0.1, 0.15) is 19.3 Å². The van der Waals surface area contributed by atoms with E-state index in [0.717, 1.165) is 33.4 Å². The van der Waals surface area contributed by atoms with Gasteiger partial charge in [-0.25, -0.2) is 4.79 Å². The summed E-state index contributed by atoms with van der Waals surface area (Å²) in [5, 5.41) is 11.9. The van der Waals surface area contributed by atoms with Gasteiger partial charge in [-0.1, -0.05) is 109 Å². The van der Waals surface area contributed by atoms with E-state index < -0.39 is 36.4 Å². The number of fused-ring (bicyclic) bond motifs is 3. The molecule has 45 heavy (non-hydrogen) atoms. The lowest BCUT2D eigenvalue weighted by molar-refractivity contribution is -0.149. The Balaban J connectivity index is 1.31.